The molecule has 0 aliphatic carbocycles. The molecule has 0 atom stereocenters. The summed E-state index contributed by atoms with van der Waals surface area (Å²) in [6.45, 7) is 3.98. The van der Waals surface area contributed by atoms with Crippen LogP contribution in [0.4, 0.5) is 10.1 Å². The number of carbonyl (C=O) groups excluding carboxylic acids is 1. The maximum Gasteiger partial charge on any atom is 0.234 e. The predicted octanol–water partition coefficient (Wildman–Crippen LogP) is 3.97. The zero-order valence-electron chi connectivity index (χ0n) is 14.8. The Labute approximate surface area is 155 Å². The van der Waals surface area contributed by atoms with Crippen molar-refractivity contribution in [2.45, 2.75) is 19.0 Å². The van der Waals surface area contributed by atoms with Crippen molar-refractivity contribution < 1.29 is 9.18 Å². The molecule has 134 valence electrons. The number of rotatable bonds is 5. The molecule has 0 aliphatic heterocycles. The van der Waals surface area contributed by atoms with Gasteiger partial charge in [0, 0.05) is 18.3 Å². The van der Waals surface area contributed by atoms with E-state index < -0.39 is 0 Å². The fraction of sp³-hybridized carbons (Fsp3) is 0.211. The van der Waals surface area contributed by atoms with Gasteiger partial charge in [-0.25, -0.2) is 4.39 Å². The van der Waals surface area contributed by atoms with Crippen LogP contribution in [-0.2, 0) is 11.8 Å². The number of amides is 1. The Hall–Kier alpha value is -2.67. The summed E-state index contributed by atoms with van der Waals surface area (Å²) in [5.74, 6) is 0.451. The smallest absolute Gasteiger partial charge is 0.234 e. The maximum atomic E-state index is 13.1. The Morgan fingerprint density at radius 3 is 2.58 bits per heavy atom. The van der Waals surface area contributed by atoms with Crippen LogP contribution in [0.3, 0.4) is 0 Å². The van der Waals surface area contributed by atoms with Gasteiger partial charge in [0.15, 0.2) is 11.0 Å². The zero-order chi connectivity index (χ0) is 18.7. The molecule has 0 saturated heterocycles. The SMILES string of the molecule is Cc1ccc(NC(=O)CSc2nnc(-c3ccc(F)cc3)n2C)c(C)c1. The molecule has 0 fully saturated rings. The Morgan fingerprint density at radius 2 is 1.88 bits per heavy atom. The lowest BCUT2D eigenvalue weighted by Gasteiger charge is -2.09. The number of hydrogen-bond donors (Lipinski definition) is 1. The molecule has 0 bridgehead atoms. The molecule has 1 N–H and O–H groups in total. The number of carbonyl (C=O) groups is 1. The summed E-state index contributed by atoms with van der Waals surface area (Å²) in [5.41, 5.74) is 3.77. The van der Waals surface area contributed by atoms with Crippen LogP contribution in [0.2, 0.25) is 0 Å². The number of nitrogens with zero attached hydrogens (tertiary/aromatic N) is 3. The van der Waals surface area contributed by atoms with Crippen LogP contribution in [0, 0.1) is 19.7 Å². The lowest BCUT2D eigenvalue weighted by Crippen LogP contribution is -2.15. The third-order valence-corrected chi connectivity index (χ3v) is 4.95. The fourth-order valence-electron chi connectivity index (χ4n) is 2.56. The molecule has 0 aliphatic rings. The Balaban J connectivity index is 1.64. The van der Waals surface area contributed by atoms with E-state index in [-0.39, 0.29) is 17.5 Å². The summed E-state index contributed by atoms with van der Waals surface area (Å²) >= 11 is 1.31. The second kappa shape index (κ2) is 7.70. The van der Waals surface area contributed by atoms with Crippen LogP contribution in [0.15, 0.2) is 47.6 Å². The lowest BCUT2D eigenvalue weighted by atomic mass is 10.1. The Kier molecular flexibility index (Phi) is 5.37. The number of halogens is 1. The topological polar surface area (TPSA) is 59.8 Å². The highest BCUT2D eigenvalue weighted by Crippen LogP contribution is 2.23. The van der Waals surface area contributed by atoms with Gasteiger partial charge in [0.25, 0.3) is 0 Å². The van der Waals surface area contributed by atoms with Crippen LogP contribution in [0.1, 0.15) is 11.1 Å². The Morgan fingerprint density at radius 1 is 1.15 bits per heavy atom. The molecule has 1 amide bonds. The molecule has 3 rings (SSSR count). The molecule has 1 aromatic heterocycles. The molecule has 1 heterocycles. The molecule has 0 radical (unpaired) electrons. The molecule has 0 unspecified atom stereocenters. The van der Waals surface area contributed by atoms with Crippen molar-refractivity contribution >= 4 is 23.4 Å². The summed E-state index contributed by atoms with van der Waals surface area (Å²) < 4.78 is 14.8. The molecular weight excluding hydrogens is 351 g/mol. The van der Waals surface area contributed by atoms with Crippen LogP contribution in [0.5, 0.6) is 0 Å². The molecule has 5 nitrogen and oxygen atoms in total. The minimum absolute atomic E-state index is 0.103. The monoisotopic (exact) mass is 370 g/mol. The van der Waals surface area contributed by atoms with Crippen LogP contribution < -0.4 is 5.32 Å². The minimum Gasteiger partial charge on any atom is -0.325 e. The first-order valence-electron chi connectivity index (χ1n) is 8.09. The van der Waals surface area contributed by atoms with Gasteiger partial charge in [0.1, 0.15) is 5.82 Å². The van der Waals surface area contributed by atoms with Crippen molar-refractivity contribution in [2.75, 3.05) is 11.1 Å². The van der Waals surface area contributed by atoms with Gasteiger partial charge in [-0.2, -0.15) is 0 Å². The maximum absolute atomic E-state index is 13.1. The van der Waals surface area contributed by atoms with Gasteiger partial charge in [-0.15, -0.1) is 10.2 Å². The summed E-state index contributed by atoms with van der Waals surface area (Å²) in [4.78, 5) is 12.2. The van der Waals surface area contributed by atoms with E-state index in [4.69, 9.17) is 0 Å². The lowest BCUT2D eigenvalue weighted by molar-refractivity contribution is -0.113. The first kappa shape index (κ1) is 18.1. The molecule has 3 aromatic rings. The normalized spacial score (nSPS) is 10.8. The number of hydrogen-bond acceptors (Lipinski definition) is 4. The summed E-state index contributed by atoms with van der Waals surface area (Å²) in [6, 6.07) is 12.0. The largest absolute Gasteiger partial charge is 0.325 e. The van der Waals surface area contributed by atoms with E-state index in [0.29, 0.717) is 11.0 Å². The molecular formula is C19H19FN4OS. The highest BCUT2D eigenvalue weighted by Gasteiger charge is 2.13. The van der Waals surface area contributed by atoms with E-state index in [9.17, 15) is 9.18 Å². The molecule has 0 spiro atoms. The number of aromatic nitrogens is 3. The van der Waals surface area contributed by atoms with Crippen molar-refractivity contribution in [1.82, 2.24) is 14.8 Å². The average Bonchev–Trinajstić information content (AvgIpc) is 2.97. The van der Waals surface area contributed by atoms with Crippen molar-refractivity contribution in [3.63, 3.8) is 0 Å². The number of nitrogens with one attached hydrogen (secondary N) is 1. The number of benzene rings is 2. The van der Waals surface area contributed by atoms with Crippen LogP contribution in [-0.4, -0.2) is 26.4 Å². The highest BCUT2D eigenvalue weighted by atomic mass is 32.2. The van der Waals surface area contributed by atoms with Gasteiger partial charge in [0.05, 0.1) is 5.75 Å². The van der Waals surface area contributed by atoms with E-state index in [2.05, 4.69) is 15.5 Å². The Bertz CT molecular complexity index is 937. The van der Waals surface area contributed by atoms with Gasteiger partial charge >= 0.3 is 0 Å². The van der Waals surface area contributed by atoms with Crippen molar-refractivity contribution in [2.24, 2.45) is 7.05 Å². The van der Waals surface area contributed by atoms with Gasteiger partial charge in [-0.3, -0.25) is 4.79 Å². The summed E-state index contributed by atoms with van der Waals surface area (Å²) in [6.07, 6.45) is 0. The second-order valence-corrected chi connectivity index (χ2v) is 6.97. The van der Waals surface area contributed by atoms with Crippen LogP contribution in [0.25, 0.3) is 11.4 Å². The number of aryl methyl sites for hydroxylation is 2. The highest BCUT2D eigenvalue weighted by molar-refractivity contribution is 7.99. The third kappa shape index (κ3) is 4.11. The van der Waals surface area contributed by atoms with E-state index in [1.807, 2.05) is 39.1 Å². The van der Waals surface area contributed by atoms with Crippen molar-refractivity contribution in [1.29, 1.82) is 0 Å². The van der Waals surface area contributed by atoms with E-state index >= 15 is 0 Å². The average molecular weight is 370 g/mol. The van der Waals surface area contributed by atoms with Gasteiger partial charge in [-0.1, -0.05) is 29.5 Å². The van der Waals surface area contributed by atoms with Crippen LogP contribution >= 0.6 is 11.8 Å². The number of thioether (sulfide) groups is 1. The zero-order valence-corrected chi connectivity index (χ0v) is 15.6. The van der Waals surface area contributed by atoms with Gasteiger partial charge in [-0.05, 0) is 49.7 Å². The predicted molar refractivity (Wildman–Crippen MR) is 102 cm³/mol. The summed E-state index contributed by atoms with van der Waals surface area (Å²) in [7, 11) is 1.82. The molecule has 7 heteroatoms. The van der Waals surface area contributed by atoms with E-state index in [1.165, 1.54) is 23.9 Å². The third-order valence-electron chi connectivity index (χ3n) is 3.93. The first-order chi connectivity index (χ1) is 12.4. The molecule has 2 aromatic carbocycles. The van der Waals surface area contributed by atoms with Gasteiger partial charge < -0.3 is 9.88 Å². The molecule has 0 saturated carbocycles. The fourth-order valence-corrected chi connectivity index (χ4v) is 3.27. The van der Waals surface area contributed by atoms with Crippen molar-refractivity contribution in [3.05, 3.63) is 59.4 Å². The second-order valence-electron chi connectivity index (χ2n) is 6.03. The van der Waals surface area contributed by atoms with E-state index in [1.54, 1.807) is 16.7 Å². The van der Waals surface area contributed by atoms with E-state index in [0.717, 1.165) is 22.4 Å². The quantitative estimate of drug-likeness (QED) is 0.691. The molecule has 26 heavy (non-hydrogen) atoms. The van der Waals surface area contributed by atoms with Crippen molar-refractivity contribution in [3.8, 4) is 11.4 Å². The summed E-state index contributed by atoms with van der Waals surface area (Å²) in [5, 5.41) is 11.8. The van der Waals surface area contributed by atoms with Gasteiger partial charge in [0.2, 0.25) is 5.91 Å². The minimum atomic E-state index is -0.298. The number of anilines is 1. The first-order valence-corrected chi connectivity index (χ1v) is 9.08. The standard InChI is InChI=1S/C19H19FN4OS/c1-12-4-9-16(13(2)10-12)21-17(25)11-26-19-23-22-18(24(19)3)14-5-7-15(20)8-6-14/h4-10H,11H2,1-3H3,(H,21,25).